The Balaban J connectivity index is 2.92. The highest BCUT2D eigenvalue weighted by molar-refractivity contribution is 5.27. The summed E-state index contributed by atoms with van der Waals surface area (Å²) in [6.45, 7) is 9.39. The highest BCUT2D eigenvalue weighted by Gasteiger charge is 2.18. The summed E-state index contributed by atoms with van der Waals surface area (Å²) in [7, 11) is 0. The summed E-state index contributed by atoms with van der Waals surface area (Å²) in [6, 6.07) is 5.53. The van der Waals surface area contributed by atoms with Crippen molar-refractivity contribution in [2.24, 2.45) is 5.92 Å². The number of rotatable bonds is 7. The highest BCUT2D eigenvalue weighted by atomic mass is 19.1. The molecule has 1 nitrogen and oxygen atoms in total. The molecule has 0 spiro atoms. The van der Waals surface area contributed by atoms with E-state index in [4.69, 9.17) is 0 Å². The number of nitrogens with one attached hydrogen (secondary N) is 1. The second kappa shape index (κ2) is 7.52. The maximum atomic E-state index is 14.0. The lowest BCUT2D eigenvalue weighted by Gasteiger charge is -2.24. The summed E-state index contributed by atoms with van der Waals surface area (Å²) >= 11 is 0. The van der Waals surface area contributed by atoms with E-state index in [9.17, 15) is 4.39 Å². The van der Waals surface area contributed by atoms with Gasteiger partial charge in [0.15, 0.2) is 0 Å². The Bertz CT molecular complexity index is 358. The molecule has 18 heavy (non-hydrogen) atoms. The van der Waals surface area contributed by atoms with E-state index in [0.29, 0.717) is 5.92 Å². The lowest BCUT2D eigenvalue weighted by atomic mass is 9.90. The van der Waals surface area contributed by atoms with Crippen LogP contribution >= 0.6 is 0 Å². The minimum Gasteiger partial charge on any atom is -0.310 e. The molecule has 102 valence electrons. The van der Waals surface area contributed by atoms with Gasteiger partial charge in [-0.2, -0.15) is 0 Å². The lowest BCUT2D eigenvalue weighted by Crippen LogP contribution is -2.24. The van der Waals surface area contributed by atoms with Gasteiger partial charge in [0.05, 0.1) is 0 Å². The highest BCUT2D eigenvalue weighted by Crippen LogP contribution is 2.27. The van der Waals surface area contributed by atoms with E-state index < -0.39 is 0 Å². The van der Waals surface area contributed by atoms with Crippen LogP contribution in [0.5, 0.6) is 0 Å². The van der Waals surface area contributed by atoms with Crippen molar-refractivity contribution >= 4 is 0 Å². The van der Waals surface area contributed by atoms with Crippen LogP contribution in [0, 0.1) is 18.7 Å². The van der Waals surface area contributed by atoms with E-state index in [0.717, 1.165) is 36.9 Å². The van der Waals surface area contributed by atoms with Crippen LogP contribution in [0.1, 0.15) is 57.2 Å². The molecule has 1 atom stereocenters. The fraction of sp³-hybridized carbons (Fsp3) is 0.625. The van der Waals surface area contributed by atoms with Gasteiger partial charge in [0.2, 0.25) is 0 Å². The van der Waals surface area contributed by atoms with Gasteiger partial charge >= 0.3 is 0 Å². The van der Waals surface area contributed by atoms with Crippen LogP contribution in [0.4, 0.5) is 4.39 Å². The zero-order valence-corrected chi connectivity index (χ0v) is 12.1. The maximum Gasteiger partial charge on any atom is 0.127 e. The Morgan fingerprint density at radius 3 is 2.39 bits per heavy atom. The van der Waals surface area contributed by atoms with Gasteiger partial charge < -0.3 is 5.32 Å². The minimum atomic E-state index is -0.0856. The number of benzene rings is 1. The number of aryl methyl sites for hydroxylation is 1. The molecule has 0 saturated heterocycles. The largest absolute Gasteiger partial charge is 0.310 e. The first-order chi connectivity index (χ1) is 8.62. The van der Waals surface area contributed by atoms with E-state index in [2.05, 4.69) is 26.1 Å². The summed E-state index contributed by atoms with van der Waals surface area (Å²) in [5, 5.41) is 3.43. The van der Waals surface area contributed by atoms with Crippen LogP contribution in [-0.4, -0.2) is 6.54 Å². The molecule has 1 aromatic carbocycles. The van der Waals surface area contributed by atoms with Gasteiger partial charge in [-0.3, -0.25) is 0 Å². The van der Waals surface area contributed by atoms with Gasteiger partial charge in [0.1, 0.15) is 5.82 Å². The standard InChI is InChI=1S/C16H26FN/c1-5-13(6-2)11-16(18-7-3)14-10-12(4)8-9-15(14)17/h8-10,13,16,18H,5-7,11H2,1-4H3. The third-order valence-corrected chi connectivity index (χ3v) is 3.70. The Labute approximate surface area is 111 Å². The molecule has 0 aromatic heterocycles. The topological polar surface area (TPSA) is 12.0 Å². The van der Waals surface area contributed by atoms with Crippen molar-refractivity contribution in [2.75, 3.05) is 6.54 Å². The van der Waals surface area contributed by atoms with E-state index in [1.54, 1.807) is 6.07 Å². The molecule has 1 N–H and O–H groups in total. The smallest absolute Gasteiger partial charge is 0.127 e. The monoisotopic (exact) mass is 251 g/mol. The van der Waals surface area contributed by atoms with Crippen LogP contribution in [0.25, 0.3) is 0 Å². The summed E-state index contributed by atoms with van der Waals surface area (Å²) in [6.07, 6.45) is 3.33. The van der Waals surface area contributed by atoms with Crippen LogP contribution < -0.4 is 5.32 Å². The molecular weight excluding hydrogens is 225 g/mol. The molecule has 1 aromatic rings. The molecule has 0 radical (unpaired) electrons. The van der Waals surface area contributed by atoms with Crippen molar-refractivity contribution in [1.82, 2.24) is 5.32 Å². The summed E-state index contributed by atoms with van der Waals surface area (Å²) in [4.78, 5) is 0. The van der Waals surface area contributed by atoms with Gasteiger partial charge in [-0.1, -0.05) is 51.3 Å². The summed E-state index contributed by atoms with van der Waals surface area (Å²) in [5.74, 6) is 0.575. The zero-order valence-electron chi connectivity index (χ0n) is 12.1. The van der Waals surface area contributed by atoms with Gasteiger partial charge in [-0.15, -0.1) is 0 Å². The molecule has 0 saturated carbocycles. The Kier molecular flexibility index (Phi) is 6.34. The molecule has 0 aliphatic rings. The Morgan fingerprint density at radius 1 is 1.17 bits per heavy atom. The van der Waals surface area contributed by atoms with Crippen molar-refractivity contribution in [2.45, 2.75) is 53.0 Å². The van der Waals surface area contributed by atoms with Crippen molar-refractivity contribution in [3.05, 3.63) is 35.1 Å². The molecule has 0 fully saturated rings. The molecule has 0 bridgehead atoms. The van der Waals surface area contributed by atoms with Crippen molar-refractivity contribution in [3.63, 3.8) is 0 Å². The summed E-state index contributed by atoms with van der Waals surface area (Å²) < 4.78 is 14.0. The first-order valence-corrected chi connectivity index (χ1v) is 7.11. The van der Waals surface area contributed by atoms with E-state index in [1.807, 2.05) is 19.1 Å². The number of hydrogen-bond acceptors (Lipinski definition) is 1. The molecule has 2 heteroatoms. The van der Waals surface area contributed by atoms with Crippen molar-refractivity contribution in [1.29, 1.82) is 0 Å². The molecule has 1 unspecified atom stereocenters. The molecular formula is C16H26FN. The zero-order chi connectivity index (χ0) is 13.5. The van der Waals surface area contributed by atoms with Crippen LogP contribution in [-0.2, 0) is 0 Å². The molecule has 0 aliphatic heterocycles. The fourth-order valence-electron chi connectivity index (χ4n) is 2.45. The fourth-order valence-corrected chi connectivity index (χ4v) is 2.45. The number of halogens is 1. The number of hydrogen-bond donors (Lipinski definition) is 1. The van der Waals surface area contributed by atoms with Crippen molar-refractivity contribution < 1.29 is 4.39 Å². The normalized spacial score (nSPS) is 13.0. The van der Waals surface area contributed by atoms with Crippen LogP contribution in [0.3, 0.4) is 0 Å². The quantitative estimate of drug-likeness (QED) is 0.746. The second-order valence-corrected chi connectivity index (χ2v) is 5.05. The average molecular weight is 251 g/mol. The van der Waals surface area contributed by atoms with E-state index >= 15 is 0 Å². The molecule has 0 heterocycles. The second-order valence-electron chi connectivity index (χ2n) is 5.05. The SMILES string of the molecule is CCNC(CC(CC)CC)c1cc(C)ccc1F. The van der Waals surface area contributed by atoms with Gasteiger partial charge in [-0.05, 0) is 31.9 Å². The van der Waals surface area contributed by atoms with E-state index in [1.165, 1.54) is 0 Å². The summed E-state index contributed by atoms with van der Waals surface area (Å²) in [5.41, 5.74) is 1.95. The van der Waals surface area contributed by atoms with Gasteiger partial charge in [0.25, 0.3) is 0 Å². The van der Waals surface area contributed by atoms with Crippen LogP contribution in [0.15, 0.2) is 18.2 Å². The molecule has 0 amide bonds. The van der Waals surface area contributed by atoms with Gasteiger partial charge in [0, 0.05) is 11.6 Å². The first-order valence-electron chi connectivity index (χ1n) is 7.11. The predicted molar refractivity (Wildman–Crippen MR) is 76.2 cm³/mol. The first kappa shape index (κ1) is 15.2. The lowest BCUT2D eigenvalue weighted by molar-refractivity contribution is 0.368. The molecule has 1 rings (SSSR count). The van der Waals surface area contributed by atoms with Crippen molar-refractivity contribution in [3.8, 4) is 0 Å². The van der Waals surface area contributed by atoms with Crippen LogP contribution in [0.2, 0.25) is 0 Å². The third kappa shape index (κ3) is 4.09. The minimum absolute atomic E-state index is 0.0856. The third-order valence-electron chi connectivity index (χ3n) is 3.70. The maximum absolute atomic E-state index is 14.0. The molecule has 0 aliphatic carbocycles. The van der Waals surface area contributed by atoms with Gasteiger partial charge in [-0.25, -0.2) is 4.39 Å². The predicted octanol–water partition coefficient (Wildman–Crippen LogP) is 4.61. The average Bonchev–Trinajstić information content (AvgIpc) is 2.37. The van der Waals surface area contributed by atoms with E-state index in [-0.39, 0.29) is 11.9 Å². The Hall–Kier alpha value is -0.890. The Morgan fingerprint density at radius 2 is 1.83 bits per heavy atom.